The molecule has 1 rings (SSSR count). The van der Waals surface area contributed by atoms with E-state index in [1.807, 2.05) is 44.2 Å². The van der Waals surface area contributed by atoms with Gasteiger partial charge in [0.25, 0.3) is 5.90 Å². The lowest BCUT2D eigenvalue weighted by molar-refractivity contribution is -0.0822. The first kappa shape index (κ1) is 19.3. The number of alkyl halides is 3. The zero-order chi connectivity index (χ0) is 17.3. The van der Waals surface area contributed by atoms with E-state index in [2.05, 4.69) is 4.99 Å². The maximum Gasteiger partial charge on any atom is 0.468 e. The van der Waals surface area contributed by atoms with Gasteiger partial charge in [-0.1, -0.05) is 50.3 Å². The Morgan fingerprint density at radius 3 is 2.39 bits per heavy atom. The second kappa shape index (κ2) is 9.38. The van der Waals surface area contributed by atoms with Gasteiger partial charge in [-0.15, -0.1) is 0 Å². The van der Waals surface area contributed by atoms with Gasteiger partial charge in [-0.25, -0.2) is 4.99 Å². The molecule has 23 heavy (non-hydrogen) atoms. The highest BCUT2D eigenvalue weighted by Gasteiger charge is 2.39. The standard InChI is InChI=1S/C18H24F3NO/c1-4-8-16(13-14(2)3)23-17(18(19,20)21)22-12-11-15-9-6-5-7-10-15/h4-10,14,16H,11-13H2,1-3H3/b8-4+,22-17?. The molecule has 0 saturated heterocycles. The first-order valence-electron chi connectivity index (χ1n) is 7.78. The summed E-state index contributed by atoms with van der Waals surface area (Å²) in [6.07, 6.45) is -0.894. The number of hydrogen-bond donors (Lipinski definition) is 0. The Bertz CT molecular complexity index is 507. The van der Waals surface area contributed by atoms with Gasteiger partial charge >= 0.3 is 6.18 Å². The number of benzene rings is 1. The van der Waals surface area contributed by atoms with E-state index in [9.17, 15) is 13.2 Å². The van der Waals surface area contributed by atoms with Crippen LogP contribution < -0.4 is 0 Å². The summed E-state index contributed by atoms with van der Waals surface area (Å²) in [5.74, 6) is -0.910. The number of hydrogen-bond acceptors (Lipinski definition) is 2. The van der Waals surface area contributed by atoms with Crippen molar-refractivity contribution in [2.24, 2.45) is 10.9 Å². The van der Waals surface area contributed by atoms with Crippen LogP contribution in [-0.2, 0) is 11.2 Å². The molecular formula is C18H24F3NO. The average Bonchev–Trinajstić information content (AvgIpc) is 2.46. The number of allylic oxidation sites excluding steroid dienone is 1. The summed E-state index contributed by atoms with van der Waals surface area (Å²) in [7, 11) is 0. The summed E-state index contributed by atoms with van der Waals surface area (Å²) >= 11 is 0. The zero-order valence-corrected chi connectivity index (χ0v) is 13.8. The molecule has 0 spiro atoms. The first-order valence-corrected chi connectivity index (χ1v) is 7.78. The van der Waals surface area contributed by atoms with E-state index in [1.54, 1.807) is 19.1 Å². The summed E-state index contributed by atoms with van der Waals surface area (Å²) in [4.78, 5) is 3.66. The average molecular weight is 327 g/mol. The summed E-state index contributed by atoms with van der Waals surface area (Å²) in [5.41, 5.74) is 0.949. The lowest BCUT2D eigenvalue weighted by Crippen LogP contribution is -2.31. The molecule has 0 aromatic heterocycles. The zero-order valence-electron chi connectivity index (χ0n) is 13.8. The maximum absolute atomic E-state index is 13.1. The van der Waals surface area contributed by atoms with Gasteiger partial charge in [0, 0.05) is 6.54 Å². The van der Waals surface area contributed by atoms with E-state index in [0.717, 1.165) is 5.56 Å². The van der Waals surface area contributed by atoms with Gasteiger partial charge in [0.05, 0.1) is 0 Å². The third kappa shape index (κ3) is 7.86. The van der Waals surface area contributed by atoms with Crippen LogP contribution >= 0.6 is 0 Å². The van der Waals surface area contributed by atoms with E-state index < -0.39 is 18.2 Å². The van der Waals surface area contributed by atoms with Gasteiger partial charge in [-0.05, 0) is 37.3 Å². The largest absolute Gasteiger partial charge is 0.468 e. The lowest BCUT2D eigenvalue weighted by atomic mass is 10.1. The van der Waals surface area contributed by atoms with E-state index >= 15 is 0 Å². The Labute approximate surface area is 136 Å². The quantitative estimate of drug-likeness (QED) is 0.383. The Hall–Kier alpha value is -1.78. The van der Waals surface area contributed by atoms with Crippen LogP contribution in [0.15, 0.2) is 47.5 Å². The van der Waals surface area contributed by atoms with Crippen LogP contribution in [0.5, 0.6) is 0 Å². The van der Waals surface area contributed by atoms with Crippen molar-refractivity contribution < 1.29 is 17.9 Å². The molecule has 1 atom stereocenters. The van der Waals surface area contributed by atoms with Crippen LogP contribution in [0.2, 0.25) is 0 Å². The summed E-state index contributed by atoms with van der Waals surface area (Å²) in [6.45, 7) is 5.69. The molecular weight excluding hydrogens is 303 g/mol. The highest BCUT2D eigenvalue weighted by Crippen LogP contribution is 2.22. The monoisotopic (exact) mass is 327 g/mol. The Balaban J connectivity index is 2.76. The molecule has 128 valence electrons. The highest BCUT2D eigenvalue weighted by molar-refractivity contribution is 5.82. The van der Waals surface area contributed by atoms with E-state index in [4.69, 9.17) is 4.74 Å². The van der Waals surface area contributed by atoms with Crippen molar-refractivity contribution in [3.8, 4) is 0 Å². The SMILES string of the molecule is C/C=C/C(CC(C)C)OC(=NCCc1ccccc1)C(F)(F)F. The van der Waals surface area contributed by atoms with Crippen LogP contribution in [0.25, 0.3) is 0 Å². The normalized spacial score (nSPS) is 14.5. The smallest absolute Gasteiger partial charge is 0.467 e. The van der Waals surface area contributed by atoms with Crippen molar-refractivity contribution >= 4 is 5.90 Å². The fraction of sp³-hybridized carbons (Fsp3) is 0.500. The molecule has 0 aliphatic rings. The Morgan fingerprint density at radius 2 is 1.87 bits per heavy atom. The highest BCUT2D eigenvalue weighted by atomic mass is 19.4. The van der Waals surface area contributed by atoms with Crippen LogP contribution in [0.3, 0.4) is 0 Å². The number of nitrogens with zero attached hydrogens (tertiary/aromatic N) is 1. The van der Waals surface area contributed by atoms with Crippen LogP contribution in [-0.4, -0.2) is 24.7 Å². The molecule has 0 N–H and O–H groups in total. The van der Waals surface area contributed by atoms with Crippen molar-refractivity contribution in [2.45, 2.75) is 45.9 Å². The van der Waals surface area contributed by atoms with Crippen molar-refractivity contribution in [1.82, 2.24) is 0 Å². The van der Waals surface area contributed by atoms with Crippen LogP contribution in [0.4, 0.5) is 13.2 Å². The minimum atomic E-state index is -4.58. The van der Waals surface area contributed by atoms with E-state index in [-0.39, 0.29) is 12.5 Å². The molecule has 1 unspecified atom stereocenters. The maximum atomic E-state index is 13.1. The molecule has 1 aromatic carbocycles. The van der Waals surface area contributed by atoms with Crippen molar-refractivity contribution in [3.63, 3.8) is 0 Å². The molecule has 5 heteroatoms. The van der Waals surface area contributed by atoms with Crippen molar-refractivity contribution in [1.29, 1.82) is 0 Å². The molecule has 0 fully saturated rings. The third-order valence-corrected chi connectivity index (χ3v) is 3.12. The molecule has 0 aliphatic heterocycles. The summed E-state index contributed by atoms with van der Waals surface area (Å²) in [5, 5.41) is 0. The molecule has 0 heterocycles. The minimum absolute atomic E-state index is 0.0447. The molecule has 1 aromatic rings. The summed E-state index contributed by atoms with van der Waals surface area (Å²) < 4.78 is 44.5. The molecule has 0 amide bonds. The fourth-order valence-electron chi connectivity index (χ4n) is 2.11. The predicted molar refractivity (Wildman–Crippen MR) is 87.6 cm³/mol. The van der Waals surface area contributed by atoms with Gasteiger partial charge in [0.1, 0.15) is 6.10 Å². The second-order valence-electron chi connectivity index (χ2n) is 5.73. The molecule has 0 saturated carbocycles. The van der Waals surface area contributed by atoms with Gasteiger partial charge in [0.2, 0.25) is 0 Å². The fourth-order valence-corrected chi connectivity index (χ4v) is 2.11. The van der Waals surface area contributed by atoms with Gasteiger partial charge in [0.15, 0.2) is 0 Å². The third-order valence-electron chi connectivity index (χ3n) is 3.12. The predicted octanol–water partition coefficient (Wildman–Crippen LogP) is 5.20. The molecule has 2 nitrogen and oxygen atoms in total. The van der Waals surface area contributed by atoms with Crippen LogP contribution in [0, 0.1) is 5.92 Å². The topological polar surface area (TPSA) is 21.6 Å². The van der Waals surface area contributed by atoms with Gasteiger partial charge < -0.3 is 4.74 Å². The Morgan fingerprint density at radius 1 is 1.22 bits per heavy atom. The number of halogens is 3. The number of rotatable bonds is 7. The van der Waals surface area contributed by atoms with Crippen molar-refractivity contribution in [2.75, 3.05) is 6.54 Å². The van der Waals surface area contributed by atoms with Gasteiger partial charge in [-0.2, -0.15) is 13.2 Å². The summed E-state index contributed by atoms with van der Waals surface area (Å²) in [6, 6.07) is 9.30. The molecule has 0 bridgehead atoms. The van der Waals surface area contributed by atoms with Gasteiger partial charge in [-0.3, -0.25) is 0 Å². The molecule has 0 radical (unpaired) electrons. The van der Waals surface area contributed by atoms with Crippen molar-refractivity contribution in [3.05, 3.63) is 48.0 Å². The Kier molecular flexibility index (Phi) is 7.86. The van der Waals surface area contributed by atoms with E-state index in [1.165, 1.54) is 0 Å². The number of aliphatic imine (C=N–C) groups is 1. The first-order chi connectivity index (χ1) is 10.8. The lowest BCUT2D eigenvalue weighted by Gasteiger charge is -2.20. The second-order valence-corrected chi connectivity index (χ2v) is 5.73. The van der Waals surface area contributed by atoms with Crippen LogP contribution in [0.1, 0.15) is 32.8 Å². The minimum Gasteiger partial charge on any atom is -0.467 e. The molecule has 0 aliphatic carbocycles. The number of ether oxygens (including phenoxy) is 1. The van der Waals surface area contributed by atoms with E-state index in [0.29, 0.717) is 12.8 Å².